The molecule has 7 N–H and O–H groups in total. The predicted molar refractivity (Wildman–Crippen MR) is 277 cm³/mol. The van der Waals surface area contributed by atoms with Crippen molar-refractivity contribution in [2.24, 2.45) is 0 Å². The SMILES string of the molecule is CC[C@@]1(O)C(=O)OCc2c1cc1n(c2=O)Cc2c-1nc1cc(F)c(C)c3c1c2[C@@H](NC(=O)c1ccc(COCNC(=O)CNC(=O)[C@H](Cc2ccccc2)NC(=O)CNC(=O)CNC(=O)CCOCCN2C(=O)C=CC2=O)o1)CC3. The molecule has 9 rings (SSSR count). The molecule has 25 heteroatoms. The highest BCUT2D eigenvalue weighted by Crippen LogP contribution is 2.46. The van der Waals surface area contributed by atoms with E-state index in [2.05, 4.69) is 31.9 Å². The molecule has 0 bridgehead atoms. The number of fused-ring (bicyclic) bond motifs is 5. The fourth-order valence-corrected chi connectivity index (χ4v) is 10.0. The summed E-state index contributed by atoms with van der Waals surface area (Å²) in [5, 5.41) is 27.4. The number of aliphatic hydroxyl groups is 1. The van der Waals surface area contributed by atoms with E-state index < -0.39 is 102 Å². The molecule has 3 aliphatic heterocycles. The molecular weight excluding hydrogens is 1050 g/mol. The minimum absolute atomic E-state index is 0.0205. The van der Waals surface area contributed by atoms with Crippen LogP contribution in [0.3, 0.4) is 0 Å². The summed E-state index contributed by atoms with van der Waals surface area (Å²) in [6.07, 6.45) is 2.96. The first-order valence-corrected chi connectivity index (χ1v) is 25.7. The number of aromatic nitrogens is 2. The van der Waals surface area contributed by atoms with Crippen LogP contribution < -0.4 is 37.5 Å². The van der Waals surface area contributed by atoms with Crippen molar-refractivity contribution in [2.75, 3.05) is 46.1 Å². The quantitative estimate of drug-likeness (QED) is 0.0199. The van der Waals surface area contributed by atoms with E-state index in [1.54, 1.807) is 50.2 Å². The van der Waals surface area contributed by atoms with E-state index in [4.69, 9.17) is 23.6 Å². The van der Waals surface area contributed by atoms with Crippen molar-refractivity contribution in [1.82, 2.24) is 46.4 Å². The Labute approximate surface area is 454 Å². The van der Waals surface area contributed by atoms with Gasteiger partial charge in [-0.1, -0.05) is 37.3 Å². The fraction of sp³-hybridized carbons (Fsp3) is 0.364. The number of carbonyl (C=O) groups excluding carboxylic acids is 9. The number of carbonyl (C=O) groups is 9. The molecule has 0 saturated carbocycles. The van der Waals surface area contributed by atoms with E-state index in [1.165, 1.54) is 22.8 Å². The number of halogens is 1. The number of esters is 1. The minimum atomic E-state index is -2.05. The zero-order chi connectivity index (χ0) is 56.8. The first-order valence-electron chi connectivity index (χ1n) is 25.7. The van der Waals surface area contributed by atoms with Crippen LogP contribution in [-0.2, 0) is 90.8 Å². The summed E-state index contributed by atoms with van der Waals surface area (Å²) in [4.78, 5) is 133. The van der Waals surface area contributed by atoms with Crippen LogP contribution in [0.25, 0.3) is 22.3 Å². The molecule has 0 fully saturated rings. The summed E-state index contributed by atoms with van der Waals surface area (Å²) in [5.74, 6) is -5.90. The van der Waals surface area contributed by atoms with Crippen LogP contribution in [0, 0.1) is 12.7 Å². The summed E-state index contributed by atoms with van der Waals surface area (Å²) in [5.41, 5.74) is 1.92. The number of rotatable bonds is 23. The smallest absolute Gasteiger partial charge is 0.343 e. The average molecular weight is 1100 g/mol. The summed E-state index contributed by atoms with van der Waals surface area (Å²) >= 11 is 0. The number of amides is 8. The molecule has 5 aromatic rings. The summed E-state index contributed by atoms with van der Waals surface area (Å²) in [6.45, 7) is 1.06. The number of imide groups is 1. The third-order valence-corrected chi connectivity index (χ3v) is 14.3. The maximum Gasteiger partial charge on any atom is 0.343 e. The van der Waals surface area contributed by atoms with Gasteiger partial charge in [-0.3, -0.25) is 48.1 Å². The molecule has 0 radical (unpaired) electrons. The van der Waals surface area contributed by atoms with Crippen molar-refractivity contribution in [3.8, 4) is 11.4 Å². The fourth-order valence-electron chi connectivity index (χ4n) is 10.0. The van der Waals surface area contributed by atoms with Gasteiger partial charge in [0, 0.05) is 47.6 Å². The van der Waals surface area contributed by atoms with Gasteiger partial charge in [0.05, 0.1) is 74.4 Å². The number of benzene rings is 2. The Morgan fingerprint density at radius 1 is 0.863 bits per heavy atom. The third kappa shape index (κ3) is 11.9. The monoisotopic (exact) mass is 1100 g/mol. The van der Waals surface area contributed by atoms with Crippen molar-refractivity contribution in [2.45, 2.75) is 83.4 Å². The van der Waals surface area contributed by atoms with Crippen LogP contribution in [0.1, 0.15) is 87.5 Å². The molecule has 3 atom stereocenters. The van der Waals surface area contributed by atoms with Gasteiger partial charge in [0.15, 0.2) is 11.4 Å². The summed E-state index contributed by atoms with van der Waals surface area (Å²) in [7, 11) is 0. The number of nitrogens with zero attached hydrogens (tertiary/aromatic N) is 3. The molecule has 0 saturated heterocycles. The minimum Gasteiger partial charge on any atom is -0.458 e. The second kappa shape index (κ2) is 24.0. The maximum atomic E-state index is 15.4. The van der Waals surface area contributed by atoms with Crippen molar-refractivity contribution >= 4 is 64.1 Å². The Kier molecular flexibility index (Phi) is 16.7. The zero-order valence-corrected chi connectivity index (χ0v) is 43.5. The number of hydrogen-bond acceptors (Lipinski definition) is 16. The average Bonchev–Trinajstić information content (AvgIpc) is 4.19. The Balaban J connectivity index is 0.740. The normalized spacial score (nSPS) is 17.0. The second-order valence-corrected chi connectivity index (χ2v) is 19.3. The molecule has 2 aromatic carbocycles. The van der Waals surface area contributed by atoms with E-state index in [1.807, 2.05) is 0 Å². The van der Waals surface area contributed by atoms with E-state index in [0.717, 1.165) is 22.6 Å². The van der Waals surface area contributed by atoms with Gasteiger partial charge in [-0.25, -0.2) is 14.2 Å². The van der Waals surface area contributed by atoms with Crippen molar-refractivity contribution in [3.05, 3.63) is 133 Å². The van der Waals surface area contributed by atoms with Crippen LogP contribution >= 0.6 is 0 Å². The Bertz CT molecular complexity index is 3430. The zero-order valence-electron chi connectivity index (χ0n) is 43.5. The molecule has 80 heavy (non-hydrogen) atoms. The van der Waals surface area contributed by atoms with Gasteiger partial charge < -0.3 is 60.2 Å². The number of nitrogens with one attached hydrogen (secondary N) is 6. The molecule has 24 nitrogen and oxygen atoms in total. The lowest BCUT2D eigenvalue weighted by Crippen LogP contribution is -2.52. The standard InChI is InChI=1S/C55H56FN9O15/c1-3-55(76)35-20-40-50-33(25-65(40)53(74)34(35)27-79-54(55)75)49-37(11-10-32-29(2)36(56)21-38(62-50)48(32)49)63-52(73)41-12-9-31(80-41)26-78-28-60-44(68)23-59-51(72)39(19-30-7-5-4-6-8-30)61-45(69)24-58-43(67)22-57-42(66)15-17-77-18-16-64-46(70)13-14-47(64)71/h4-9,12-14,20-21,37,39,76H,3,10-11,15-19,22-28H2,1-2H3,(H,57,66)(H,58,67)(H,59,72)(H,60,68)(H,61,69)(H,63,73)/t37-,39-,55-/m0/s1. The van der Waals surface area contributed by atoms with Gasteiger partial charge in [-0.15, -0.1) is 0 Å². The highest BCUT2D eigenvalue weighted by molar-refractivity contribution is 6.12. The highest BCUT2D eigenvalue weighted by atomic mass is 19.1. The number of furan rings is 1. The molecule has 3 aromatic heterocycles. The lowest BCUT2D eigenvalue weighted by atomic mass is 9.81. The highest BCUT2D eigenvalue weighted by Gasteiger charge is 2.46. The molecular formula is C55H56FN9O15. The van der Waals surface area contributed by atoms with Crippen LogP contribution in [0.2, 0.25) is 0 Å². The van der Waals surface area contributed by atoms with Gasteiger partial charge in [0.1, 0.15) is 37.6 Å². The van der Waals surface area contributed by atoms with Crippen LogP contribution in [0.15, 0.2) is 76.0 Å². The molecule has 0 spiro atoms. The van der Waals surface area contributed by atoms with Gasteiger partial charge >= 0.3 is 5.97 Å². The molecule has 1 aliphatic carbocycles. The van der Waals surface area contributed by atoms with E-state index in [0.29, 0.717) is 57.4 Å². The number of hydrogen-bond donors (Lipinski definition) is 7. The number of aryl methyl sites for hydroxylation is 1. The maximum absolute atomic E-state index is 15.4. The lowest BCUT2D eigenvalue weighted by molar-refractivity contribution is -0.172. The van der Waals surface area contributed by atoms with E-state index in [9.17, 15) is 53.1 Å². The Hall–Kier alpha value is -8.94. The van der Waals surface area contributed by atoms with Crippen molar-refractivity contribution < 1.29 is 71.3 Å². The third-order valence-electron chi connectivity index (χ3n) is 14.3. The molecule has 0 unspecified atom stereocenters. The lowest BCUT2D eigenvalue weighted by Gasteiger charge is -2.31. The Morgan fingerprint density at radius 3 is 2.35 bits per heavy atom. The van der Waals surface area contributed by atoms with E-state index in [-0.39, 0.29) is 88.2 Å². The van der Waals surface area contributed by atoms with Crippen LogP contribution in [0.4, 0.5) is 4.39 Å². The molecule has 4 aliphatic rings. The molecule has 6 heterocycles. The summed E-state index contributed by atoms with van der Waals surface area (Å²) < 4.78 is 38.8. The first kappa shape index (κ1) is 55.8. The van der Waals surface area contributed by atoms with Crippen molar-refractivity contribution in [3.63, 3.8) is 0 Å². The topological polar surface area (TPSA) is 325 Å². The second-order valence-electron chi connectivity index (χ2n) is 19.3. The van der Waals surface area contributed by atoms with E-state index >= 15 is 4.39 Å². The number of ether oxygens (including phenoxy) is 3. The number of cyclic esters (lactones) is 1. The summed E-state index contributed by atoms with van der Waals surface area (Å²) in [6, 6.07) is 12.8. The van der Waals surface area contributed by atoms with Gasteiger partial charge in [0.2, 0.25) is 29.5 Å². The van der Waals surface area contributed by atoms with Gasteiger partial charge in [-0.05, 0) is 66.6 Å². The van der Waals surface area contributed by atoms with Gasteiger partial charge in [-0.2, -0.15) is 0 Å². The first-order chi connectivity index (χ1) is 38.4. The van der Waals surface area contributed by atoms with Crippen molar-refractivity contribution in [1.29, 1.82) is 0 Å². The van der Waals surface area contributed by atoms with Crippen LogP contribution in [0.5, 0.6) is 0 Å². The predicted octanol–water partition coefficient (Wildman–Crippen LogP) is 0.536. The Morgan fingerprint density at radius 2 is 1.59 bits per heavy atom. The largest absolute Gasteiger partial charge is 0.458 e. The molecule has 8 amide bonds. The van der Waals surface area contributed by atoms with Gasteiger partial charge in [0.25, 0.3) is 23.3 Å². The number of pyridine rings is 2. The molecule has 418 valence electrons. The van der Waals surface area contributed by atoms with Crippen LogP contribution in [-0.4, -0.2) is 125 Å².